The standard InChI is InChI=1S/C10H23N3O2S/c1-12(2)5-4-6-13(3)10-8-16(14,15)7-9(10)11/h9-10H,4-8,11H2,1-3H3. The van der Waals surface area contributed by atoms with E-state index < -0.39 is 9.84 Å². The van der Waals surface area contributed by atoms with Crippen molar-refractivity contribution in [1.82, 2.24) is 9.80 Å². The molecule has 1 fully saturated rings. The van der Waals surface area contributed by atoms with Crippen molar-refractivity contribution < 1.29 is 8.42 Å². The first kappa shape index (κ1) is 13.9. The lowest BCUT2D eigenvalue weighted by atomic mass is 10.1. The molecule has 96 valence electrons. The molecule has 5 nitrogen and oxygen atoms in total. The van der Waals surface area contributed by atoms with E-state index >= 15 is 0 Å². The minimum absolute atomic E-state index is 0.00726. The highest BCUT2D eigenvalue weighted by molar-refractivity contribution is 7.91. The molecule has 2 atom stereocenters. The fraction of sp³-hybridized carbons (Fsp3) is 1.00. The van der Waals surface area contributed by atoms with Gasteiger partial charge < -0.3 is 15.5 Å². The molecule has 0 saturated carbocycles. The molecular formula is C10H23N3O2S. The van der Waals surface area contributed by atoms with E-state index in [1.807, 2.05) is 21.1 Å². The molecule has 16 heavy (non-hydrogen) atoms. The van der Waals surface area contributed by atoms with Gasteiger partial charge in [0.05, 0.1) is 11.5 Å². The van der Waals surface area contributed by atoms with Crippen LogP contribution < -0.4 is 5.73 Å². The molecule has 1 heterocycles. The van der Waals surface area contributed by atoms with E-state index in [9.17, 15) is 8.42 Å². The Morgan fingerprint density at radius 3 is 2.25 bits per heavy atom. The molecule has 1 rings (SSSR count). The van der Waals surface area contributed by atoms with E-state index in [1.54, 1.807) is 0 Å². The summed E-state index contributed by atoms with van der Waals surface area (Å²) in [7, 11) is 3.12. The molecule has 0 spiro atoms. The van der Waals surface area contributed by atoms with E-state index in [1.165, 1.54) is 0 Å². The van der Waals surface area contributed by atoms with Crippen molar-refractivity contribution >= 4 is 9.84 Å². The highest BCUT2D eigenvalue weighted by Crippen LogP contribution is 2.15. The average molecular weight is 249 g/mol. The number of sulfone groups is 1. The molecule has 1 saturated heterocycles. The largest absolute Gasteiger partial charge is 0.325 e. The summed E-state index contributed by atoms with van der Waals surface area (Å²) in [5.74, 6) is 0.350. The van der Waals surface area contributed by atoms with Crippen molar-refractivity contribution in [2.75, 3.05) is 45.7 Å². The van der Waals surface area contributed by atoms with Gasteiger partial charge in [-0.05, 0) is 40.7 Å². The third-order valence-electron chi connectivity index (χ3n) is 3.05. The highest BCUT2D eigenvalue weighted by Gasteiger charge is 2.37. The van der Waals surface area contributed by atoms with Gasteiger partial charge in [0.1, 0.15) is 0 Å². The molecule has 2 N–H and O–H groups in total. The van der Waals surface area contributed by atoms with Crippen LogP contribution in [0.4, 0.5) is 0 Å². The molecule has 0 aromatic rings. The average Bonchev–Trinajstić information content (AvgIpc) is 2.39. The van der Waals surface area contributed by atoms with Gasteiger partial charge in [0.2, 0.25) is 0 Å². The van der Waals surface area contributed by atoms with Crippen molar-refractivity contribution in [1.29, 1.82) is 0 Å². The molecule has 0 amide bonds. The summed E-state index contributed by atoms with van der Waals surface area (Å²) in [6, 6.07) is -0.235. The highest BCUT2D eigenvalue weighted by atomic mass is 32.2. The topological polar surface area (TPSA) is 66.6 Å². The molecule has 0 aromatic carbocycles. The summed E-state index contributed by atoms with van der Waals surface area (Å²) in [4.78, 5) is 4.21. The van der Waals surface area contributed by atoms with Gasteiger partial charge in [-0.25, -0.2) is 8.42 Å². The quantitative estimate of drug-likeness (QED) is 0.676. The first-order valence-corrected chi connectivity index (χ1v) is 7.45. The number of hydrogen-bond acceptors (Lipinski definition) is 5. The maximum atomic E-state index is 11.4. The summed E-state index contributed by atoms with van der Waals surface area (Å²) in [6.07, 6.45) is 1.03. The van der Waals surface area contributed by atoms with E-state index in [-0.39, 0.29) is 23.6 Å². The Kier molecular flexibility index (Phi) is 4.73. The smallest absolute Gasteiger partial charge is 0.153 e. The summed E-state index contributed by atoms with van der Waals surface area (Å²) in [5.41, 5.74) is 5.86. The zero-order valence-electron chi connectivity index (χ0n) is 10.4. The summed E-state index contributed by atoms with van der Waals surface area (Å²) in [6.45, 7) is 1.91. The summed E-state index contributed by atoms with van der Waals surface area (Å²) < 4.78 is 22.8. The second kappa shape index (κ2) is 5.44. The van der Waals surface area contributed by atoms with Gasteiger partial charge in [-0.3, -0.25) is 0 Å². The second-order valence-corrected chi connectivity index (χ2v) is 7.10. The zero-order chi connectivity index (χ0) is 12.3. The van der Waals surface area contributed by atoms with Crippen LogP contribution in [-0.4, -0.2) is 76.0 Å². The monoisotopic (exact) mass is 249 g/mol. The SMILES string of the molecule is CN(C)CCCN(C)C1CS(=O)(=O)CC1N. The van der Waals surface area contributed by atoms with Crippen LogP contribution in [0, 0.1) is 0 Å². The first-order valence-electron chi connectivity index (χ1n) is 5.63. The third-order valence-corrected chi connectivity index (χ3v) is 4.79. The van der Waals surface area contributed by atoms with E-state index in [4.69, 9.17) is 5.73 Å². The number of rotatable bonds is 5. The van der Waals surface area contributed by atoms with Gasteiger partial charge in [0, 0.05) is 12.1 Å². The molecule has 2 unspecified atom stereocenters. The van der Waals surface area contributed by atoms with Crippen LogP contribution in [0.15, 0.2) is 0 Å². The Bertz CT molecular complexity index is 316. The lowest BCUT2D eigenvalue weighted by Crippen LogP contribution is -2.45. The van der Waals surface area contributed by atoms with Gasteiger partial charge in [-0.1, -0.05) is 0 Å². The fourth-order valence-electron chi connectivity index (χ4n) is 2.11. The molecule has 0 aliphatic carbocycles. The van der Waals surface area contributed by atoms with Crippen molar-refractivity contribution in [3.63, 3.8) is 0 Å². The van der Waals surface area contributed by atoms with Crippen LogP contribution in [0.3, 0.4) is 0 Å². The van der Waals surface area contributed by atoms with Crippen molar-refractivity contribution in [2.24, 2.45) is 5.73 Å². The fourth-order valence-corrected chi connectivity index (χ4v) is 4.08. The van der Waals surface area contributed by atoms with Crippen LogP contribution >= 0.6 is 0 Å². The number of hydrogen-bond donors (Lipinski definition) is 1. The van der Waals surface area contributed by atoms with Gasteiger partial charge in [0.25, 0.3) is 0 Å². The van der Waals surface area contributed by atoms with Crippen molar-refractivity contribution in [3.8, 4) is 0 Å². The number of likely N-dealkylation sites (N-methyl/N-ethyl adjacent to an activating group) is 1. The predicted molar refractivity (Wildman–Crippen MR) is 66.2 cm³/mol. The van der Waals surface area contributed by atoms with Crippen LogP contribution in [0.5, 0.6) is 0 Å². The van der Waals surface area contributed by atoms with E-state index in [0.29, 0.717) is 0 Å². The van der Waals surface area contributed by atoms with Gasteiger partial charge in [-0.15, -0.1) is 0 Å². The van der Waals surface area contributed by atoms with E-state index in [0.717, 1.165) is 19.5 Å². The number of nitrogens with zero attached hydrogens (tertiary/aromatic N) is 2. The molecule has 0 aromatic heterocycles. The Morgan fingerprint density at radius 2 is 1.81 bits per heavy atom. The maximum absolute atomic E-state index is 11.4. The lowest BCUT2D eigenvalue weighted by Gasteiger charge is -2.26. The van der Waals surface area contributed by atoms with E-state index in [2.05, 4.69) is 9.80 Å². The molecule has 0 radical (unpaired) electrons. The van der Waals surface area contributed by atoms with Gasteiger partial charge in [-0.2, -0.15) is 0 Å². The van der Waals surface area contributed by atoms with Crippen molar-refractivity contribution in [3.05, 3.63) is 0 Å². The number of nitrogens with two attached hydrogens (primary N) is 1. The van der Waals surface area contributed by atoms with Crippen molar-refractivity contribution in [2.45, 2.75) is 18.5 Å². The predicted octanol–water partition coefficient (Wildman–Crippen LogP) is -1.01. The third kappa shape index (κ3) is 4.01. The van der Waals surface area contributed by atoms with Crippen LogP contribution in [0.1, 0.15) is 6.42 Å². The summed E-state index contributed by atoms with van der Waals surface area (Å²) >= 11 is 0. The zero-order valence-corrected chi connectivity index (χ0v) is 11.2. The minimum atomic E-state index is -2.91. The lowest BCUT2D eigenvalue weighted by molar-refractivity contribution is 0.230. The Hall–Kier alpha value is -0.170. The molecule has 6 heteroatoms. The maximum Gasteiger partial charge on any atom is 0.153 e. The molecule has 0 bridgehead atoms. The van der Waals surface area contributed by atoms with Gasteiger partial charge in [0.15, 0.2) is 9.84 Å². The van der Waals surface area contributed by atoms with Gasteiger partial charge >= 0.3 is 0 Å². The summed E-state index contributed by atoms with van der Waals surface area (Å²) in [5, 5.41) is 0. The molecule has 1 aliphatic heterocycles. The minimum Gasteiger partial charge on any atom is -0.325 e. The Morgan fingerprint density at radius 1 is 1.19 bits per heavy atom. The molecular weight excluding hydrogens is 226 g/mol. The van der Waals surface area contributed by atoms with Crippen LogP contribution in [0.25, 0.3) is 0 Å². The first-order chi connectivity index (χ1) is 7.32. The van der Waals surface area contributed by atoms with Crippen LogP contribution in [-0.2, 0) is 9.84 Å². The van der Waals surface area contributed by atoms with Crippen LogP contribution in [0.2, 0.25) is 0 Å². The Balaban J connectivity index is 2.40. The molecule has 1 aliphatic rings. The normalized spacial score (nSPS) is 29.1. The Labute approximate surface area is 98.5 Å². The second-order valence-electron chi connectivity index (χ2n) is 4.95.